The Kier molecular flexibility index (Phi) is 17.1. The van der Waals surface area contributed by atoms with Crippen LogP contribution in [0.4, 0.5) is 0 Å². The lowest BCUT2D eigenvalue weighted by Gasteiger charge is -2.39. The number of aromatic nitrogens is 5. The molecular weight excluding hydrogens is 903 g/mol. The second-order valence-electron chi connectivity index (χ2n) is 17.1. The number of pyridine rings is 3. The van der Waals surface area contributed by atoms with E-state index in [1.165, 1.54) is 16.8 Å². The number of nitrogens with one attached hydrogen (secondary N) is 1. The zero-order chi connectivity index (χ0) is 49.4. The lowest BCUT2D eigenvalue weighted by atomic mass is 9.80. The van der Waals surface area contributed by atoms with E-state index in [1.54, 1.807) is 26.6 Å². The molecule has 7 aromatic rings. The Balaban J connectivity index is 0.885. The summed E-state index contributed by atoms with van der Waals surface area (Å²) in [6.45, 7) is 2.20. The molecule has 1 aliphatic rings. The highest BCUT2D eigenvalue weighted by atomic mass is 16.6. The van der Waals surface area contributed by atoms with E-state index in [0.29, 0.717) is 67.8 Å². The summed E-state index contributed by atoms with van der Waals surface area (Å²) in [5, 5.41) is 10.9. The predicted octanol–water partition coefficient (Wildman–Crippen LogP) is 6.74. The molecule has 16 heteroatoms. The van der Waals surface area contributed by atoms with E-state index in [1.807, 2.05) is 132 Å². The highest BCUT2D eigenvalue weighted by Crippen LogP contribution is 2.42. The Hall–Kier alpha value is -7.50. The van der Waals surface area contributed by atoms with E-state index in [0.717, 1.165) is 47.3 Å². The van der Waals surface area contributed by atoms with Crippen LogP contribution in [-0.4, -0.2) is 118 Å². The molecular formula is C55H59N7O9. The third-order valence-electron chi connectivity index (χ3n) is 12.5. The van der Waals surface area contributed by atoms with Gasteiger partial charge < -0.3 is 33.7 Å². The second-order valence-corrected chi connectivity index (χ2v) is 17.1. The van der Waals surface area contributed by atoms with Crippen molar-refractivity contribution >= 4 is 5.91 Å². The fourth-order valence-electron chi connectivity index (χ4n) is 8.68. The maximum atomic E-state index is 13.4. The highest BCUT2D eigenvalue weighted by Gasteiger charge is 2.39. The van der Waals surface area contributed by atoms with Gasteiger partial charge in [0.1, 0.15) is 29.0 Å². The molecule has 368 valence electrons. The van der Waals surface area contributed by atoms with E-state index in [4.69, 9.17) is 28.7 Å². The van der Waals surface area contributed by atoms with Crippen molar-refractivity contribution < 1.29 is 33.6 Å². The molecule has 2 N–H and O–H groups in total. The van der Waals surface area contributed by atoms with Gasteiger partial charge in [-0.3, -0.25) is 34.0 Å². The van der Waals surface area contributed by atoms with Crippen molar-refractivity contribution in [2.75, 3.05) is 66.8 Å². The fraction of sp³-hybridized carbons (Fsp3) is 0.309. The Morgan fingerprint density at radius 3 is 1.83 bits per heavy atom. The van der Waals surface area contributed by atoms with Gasteiger partial charge in [-0.05, 0) is 84.5 Å². The first kappa shape index (κ1) is 49.9. The summed E-state index contributed by atoms with van der Waals surface area (Å²) in [5.74, 6) is 2.11. The van der Waals surface area contributed by atoms with Gasteiger partial charge in [0.15, 0.2) is 6.23 Å². The average Bonchev–Trinajstić information content (AvgIpc) is 3.42. The van der Waals surface area contributed by atoms with Crippen molar-refractivity contribution in [1.29, 1.82) is 0 Å². The number of H-pyrrole nitrogens is 1. The number of carbonyl (C=O) groups is 1. The molecule has 3 aromatic carbocycles. The van der Waals surface area contributed by atoms with Crippen LogP contribution < -0.4 is 25.5 Å². The molecule has 8 rings (SSSR count). The smallest absolute Gasteiger partial charge is 0.330 e. The number of piperazine rings is 1. The van der Waals surface area contributed by atoms with E-state index < -0.39 is 35.8 Å². The predicted molar refractivity (Wildman–Crippen MR) is 268 cm³/mol. The van der Waals surface area contributed by atoms with E-state index in [9.17, 15) is 19.5 Å². The van der Waals surface area contributed by atoms with Gasteiger partial charge >= 0.3 is 5.69 Å². The summed E-state index contributed by atoms with van der Waals surface area (Å²) in [4.78, 5) is 59.0. The molecule has 0 aliphatic carbocycles. The molecule has 71 heavy (non-hydrogen) atoms. The van der Waals surface area contributed by atoms with Gasteiger partial charge in [-0.2, -0.15) is 0 Å². The number of aliphatic hydroxyl groups excluding tert-OH is 1. The number of nitrogens with zero attached hydrogens (tertiary/aromatic N) is 6. The molecule has 2 atom stereocenters. The number of rotatable bonds is 23. The molecule has 4 aromatic heterocycles. The van der Waals surface area contributed by atoms with Crippen molar-refractivity contribution in [3.8, 4) is 40.0 Å². The highest BCUT2D eigenvalue weighted by molar-refractivity contribution is 5.76. The van der Waals surface area contributed by atoms with Crippen LogP contribution in [0.15, 0.2) is 162 Å². The van der Waals surface area contributed by atoms with Gasteiger partial charge in [-0.15, -0.1) is 0 Å². The van der Waals surface area contributed by atoms with Crippen LogP contribution in [-0.2, 0) is 19.9 Å². The molecule has 1 fully saturated rings. The first-order valence-electron chi connectivity index (χ1n) is 23.8. The van der Waals surface area contributed by atoms with Crippen molar-refractivity contribution in [1.82, 2.24) is 34.3 Å². The average molecular weight is 962 g/mol. The van der Waals surface area contributed by atoms with Gasteiger partial charge in [0.2, 0.25) is 5.91 Å². The molecule has 5 heterocycles. The SMILES string of the molecule is COc1ccc(C(OC[C@H](CO)O[C@H](CN2CCN(C(=O)CCCCCOc3cc(-c4ccccn4)nc(-c4ccccn4)c3)CC2)n2ccc(=O)[nH]c2=O)(c2ccccc2)c2ccc(OC)cc2)cc1. The minimum Gasteiger partial charge on any atom is -0.497 e. The largest absolute Gasteiger partial charge is 0.497 e. The maximum Gasteiger partial charge on any atom is 0.330 e. The summed E-state index contributed by atoms with van der Waals surface area (Å²) in [7, 11) is 3.22. The second kappa shape index (κ2) is 24.4. The molecule has 1 saturated heterocycles. The van der Waals surface area contributed by atoms with E-state index in [2.05, 4.69) is 19.9 Å². The third kappa shape index (κ3) is 12.6. The topological polar surface area (TPSA) is 183 Å². The Bertz CT molecular complexity index is 2770. The number of unbranched alkanes of at least 4 members (excludes halogenated alkanes) is 2. The molecule has 0 saturated carbocycles. The lowest BCUT2D eigenvalue weighted by Crippen LogP contribution is -2.51. The van der Waals surface area contributed by atoms with Crippen LogP contribution in [0.5, 0.6) is 17.2 Å². The molecule has 0 bridgehead atoms. The van der Waals surface area contributed by atoms with Crippen molar-refractivity contribution in [2.45, 2.75) is 43.6 Å². The first-order valence-corrected chi connectivity index (χ1v) is 23.8. The molecule has 16 nitrogen and oxygen atoms in total. The van der Waals surface area contributed by atoms with E-state index >= 15 is 0 Å². The number of aliphatic hydroxyl groups is 1. The number of ether oxygens (including phenoxy) is 5. The number of aromatic amines is 1. The van der Waals surface area contributed by atoms with Crippen LogP contribution in [0.25, 0.3) is 22.8 Å². The van der Waals surface area contributed by atoms with Gasteiger partial charge in [-0.25, -0.2) is 9.78 Å². The molecule has 1 aliphatic heterocycles. The zero-order valence-electron chi connectivity index (χ0n) is 40.0. The van der Waals surface area contributed by atoms with Gasteiger partial charge in [-0.1, -0.05) is 66.7 Å². The van der Waals surface area contributed by atoms with Gasteiger partial charge in [0.05, 0.1) is 56.8 Å². The number of benzene rings is 3. The minimum absolute atomic E-state index is 0.0810. The summed E-state index contributed by atoms with van der Waals surface area (Å²) in [6.07, 6.45) is 5.71. The van der Waals surface area contributed by atoms with Gasteiger partial charge in [0.25, 0.3) is 5.56 Å². The molecule has 0 unspecified atom stereocenters. The summed E-state index contributed by atoms with van der Waals surface area (Å²) < 4.78 is 32.1. The molecule has 0 radical (unpaired) electrons. The normalized spacial score (nSPS) is 13.9. The Morgan fingerprint density at radius 2 is 1.28 bits per heavy atom. The van der Waals surface area contributed by atoms with Crippen LogP contribution in [0, 0.1) is 0 Å². The molecule has 1 amide bonds. The minimum atomic E-state index is -1.19. The van der Waals surface area contributed by atoms with E-state index in [-0.39, 0.29) is 19.1 Å². The number of methoxy groups -OCH3 is 2. The van der Waals surface area contributed by atoms with Gasteiger partial charge in [0, 0.05) is 75.9 Å². The van der Waals surface area contributed by atoms with Crippen LogP contribution in [0.3, 0.4) is 0 Å². The lowest BCUT2D eigenvalue weighted by molar-refractivity contribution is -0.139. The van der Waals surface area contributed by atoms with Crippen molar-refractivity contribution in [3.63, 3.8) is 0 Å². The van der Waals surface area contributed by atoms with Crippen LogP contribution in [0.1, 0.15) is 48.6 Å². The number of hydrogen-bond donors (Lipinski definition) is 2. The summed E-state index contributed by atoms with van der Waals surface area (Å²) >= 11 is 0. The fourth-order valence-corrected chi connectivity index (χ4v) is 8.68. The van der Waals surface area contributed by atoms with Crippen molar-refractivity contribution in [2.24, 2.45) is 0 Å². The Morgan fingerprint density at radius 1 is 0.690 bits per heavy atom. The standard InChI is InChI=1S/C55H59N7O9/c1-67-43-22-18-41(19-23-43)55(40-13-5-3-6-14-40,42-20-24-44(68-2)25-21-42)70-39-46(38-63)71-53(62-29-26-51(64)59-54(62)66)37-60-30-32-61(33-31-60)52(65)17-7-4-12-34-69-45-35-49(47-15-8-10-27-56-47)58-50(36-45)48-16-9-11-28-57-48/h3,5-6,8-11,13-16,18-29,35-36,46,53,63H,4,7,12,17,30-34,37-39H2,1-2H3,(H,59,64,66)/t46-,53+/m0/s1. The maximum absolute atomic E-state index is 13.4. The van der Waals surface area contributed by atoms with Crippen LogP contribution >= 0.6 is 0 Å². The summed E-state index contributed by atoms with van der Waals surface area (Å²) in [6, 6.07) is 41.4. The number of amides is 1. The number of hydrogen-bond acceptors (Lipinski definition) is 13. The zero-order valence-corrected chi connectivity index (χ0v) is 40.0. The molecule has 0 spiro atoms. The van der Waals surface area contributed by atoms with Crippen LogP contribution in [0.2, 0.25) is 0 Å². The van der Waals surface area contributed by atoms with Crippen molar-refractivity contribution in [3.05, 3.63) is 190 Å². The first-order chi connectivity index (χ1) is 34.8. The summed E-state index contributed by atoms with van der Waals surface area (Å²) in [5.41, 5.74) is 2.91. The number of carbonyl (C=O) groups excluding carboxylic acids is 1. The quantitative estimate of drug-likeness (QED) is 0.0508. The monoisotopic (exact) mass is 961 g/mol. The Labute approximate surface area is 412 Å². The third-order valence-corrected chi connectivity index (χ3v) is 12.5.